The number of nitrogens with zero attached hydrogens (tertiary/aromatic N) is 3. The Bertz CT molecular complexity index is 774. The predicted octanol–water partition coefficient (Wildman–Crippen LogP) is 2.32. The van der Waals surface area contributed by atoms with E-state index in [4.69, 9.17) is 0 Å². The molecule has 0 spiro atoms. The van der Waals surface area contributed by atoms with Crippen molar-refractivity contribution in [2.24, 2.45) is 0 Å². The van der Waals surface area contributed by atoms with Gasteiger partial charge in [0.15, 0.2) is 0 Å². The van der Waals surface area contributed by atoms with Gasteiger partial charge in [0.25, 0.3) is 5.56 Å². The standard InChI is InChI=1S/C15H14N4O/c1-2-19-10-12(9-16-19)13-8-14(20)18-15(17-13)11-6-4-3-5-7-11/h3-10H,2H2,1H3,(H,17,18,20). The summed E-state index contributed by atoms with van der Waals surface area (Å²) < 4.78 is 1.81. The van der Waals surface area contributed by atoms with Crippen LogP contribution in [0.3, 0.4) is 0 Å². The van der Waals surface area contributed by atoms with E-state index in [9.17, 15) is 4.79 Å². The van der Waals surface area contributed by atoms with Crippen molar-refractivity contribution in [2.75, 3.05) is 0 Å². The summed E-state index contributed by atoms with van der Waals surface area (Å²) in [7, 11) is 0. The molecule has 100 valence electrons. The Labute approximate surface area is 115 Å². The molecule has 0 saturated carbocycles. The molecule has 0 radical (unpaired) electrons. The first kappa shape index (κ1) is 12.3. The number of aromatic amines is 1. The summed E-state index contributed by atoms with van der Waals surface area (Å²) in [6, 6.07) is 11.1. The van der Waals surface area contributed by atoms with Crippen molar-refractivity contribution in [1.82, 2.24) is 19.7 Å². The summed E-state index contributed by atoms with van der Waals surface area (Å²) in [4.78, 5) is 19.1. The topological polar surface area (TPSA) is 63.6 Å². The van der Waals surface area contributed by atoms with E-state index in [0.29, 0.717) is 11.5 Å². The highest BCUT2D eigenvalue weighted by atomic mass is 16.1. The zero-order valence-corrected chi connectivity index (χ0v) is 11.1. The zero-order valence-electron chi connectivity index (χ0n) is 11.1. The fraction of sp³-hybridized carbons (Fsp3) is 0.133. The predicted molar refractivity (Wildman–Crippen MR) is 77.2 cm³/mol. The van der Waals surface area contributed by atoms with Gasteiger partial charge in [-0.1, -0.05) is 30.3 Å². The van der Waals surface area contributed by atoms with E-state index < -0.39 is 0 Å². The van der Waals surface area contributed by atoms with Crippen molar-refractivity contribution in [2.45, 2.75) is 13.5 Å². The monoisotopic (exact) mass is 266 g/mol. The number of hydrogen-bond acceptors (Lipinski definition) is 3. The quantitative estimate of drug-likeness (QED) is 0.791. The third kappa shape index (κ3) is 2.38. The van der Waals surface area contributed by atoms with Crippen LogP contribution >= 0.6 is 0 Å². The van der Waals surface area contributed by atoms with Gasteiger partial charge in [0.1, 0.15) is 5.82 Å². The SMILES string of the molecule is CCn1cc(-c2cc(=O)[nH]c(-c3ccccc3)n2)cn1. The molecule has 0 aliphatic rings. The van der Waals surface area contributed by atoms with Gasteiger partial charge in [0.2, 0.25) is 0 Å². The molecule has 0 saturated heterocycles. The fourth-order valence-corrected chi connectivity index (χ4v) is 2.01. The van der Waals surface area contributed by atoms with Crippen LogP contribution in [-0.4, -0.2) is 19.7 Å². The highest BCUT2D eigenvalue weighted by Gasteiger charge is 2.07. The molecule has 5 nitrogen and oxygen atoms in total. The van der Waals surface area contributed by atoms with E-state index >= 15 is 0 Å². The largest absolute Gasteiger partial charge is 0.306 e. The van der Waals surface area contributed by atoms with Crippen molar-refractivity contribution in [3.63, 3.8) is 0 Å². The number of rotatable bonds is 3. The minimum atomic E-state index is -0.168. The minimum absolute atomic E-state index is 0.168. The molecule has 0 atom stereocenters. The summed E-state index contributed by atoms with van der Waals surface area (Å²) in [6.07, 6.45) is 3.61. The molecule has 5 heteroatoms. The molecule has 20 heavy (non-hydrogen) atoms. The van der Waals surface area contributed by atoms with Crippen LogP contribution in [0, 0.1) is 0 Å². The van der Waals surface area contributed by atoms with E-state index in [1.165, 1.54) is 6.07 Å². The maximum atomic E-state index is 11.8. The van der Waals surface area contributed by atoms with Gasteiger partial charge in [-0.05, 0) is 6.92 Å². The Morgan fingerprint density at radius 2 is 2.00 bits per heavy atom. The first-order valence-corrected chi connectivity index (χ1v) is 6.46. The van der Waals surface area contributed by atoms with Gasteiger partial charge in [0.05, 0.1) is 11.9 Å². The van der Waals surface area contributed by atoms with Crippen molar-refractivity contribution < 1.29 is 0 Å². The third-order valence-corrected chi connectivity index (χ3v) is 3.04. The molecule has 2 aromatic heterocycles. The smallest absolute Gasteiger partial charge is 0.251 e. The van der Waals surface area contributed by atoms with E-state index in [2.05, 4.69) is 15.1 Å². The van der Waals surface area contributed by atoms with Crippen molar-refractivity contribution in [3.8, 4) is 22.6 Å². The van der Waals surface area contributed by atoms with Gasteiger partial charge < -0.3 is 4.98 Å². The van der Waals surface area contributed by atoms with Gasteiger partial charge in [0, 0.05) is 29.9 Å². The molecule has 0 fully saturated rings. The molecule has 1 aromatic carbocycles. The van der Waals surface area contributed by atoms with Crippen LogP contribution in [0.2, 0.25) is 0 Å². The molecular weight excluding hydrogens is 252 g/mol. The second kappa shape index (κ2) is 5.13. The second-order valence-corrected chi connectivity index (χ2v) is 4.43. The molecule has 3 aromatic rings. The van der Waals surface area contributed by atoms with E-state index in [1.807, 2.05) is 43.5 Å². The Balaban J connectivity index is 2.09. The van der Waals surface area contributed by atoms with Gasteiger partial charge in [-0.3, -0.25) is 9.48 Å². The van der Waals surface area contributed by atoms with Crippen LogP contribution in [0.1, 0.15) is 6.92 Å². The number of H-pyrrole nitrogens is 1. The number of aromatic nitrogens is 4. The second-order valence-electron chi connectivity index (χ2n) is 4.43. The van der Waals surface area contributed by atoms with Gasteiger partial charge >= 0.3 is 0 Å². The lowest BCUT2D eigenvalue weighted by molar-refractivity contribution is 0.660. The van der Waals surface area contributed by atoms with Crippen LogP contribution in [0.5, 0.6) is 0 Å². The summed E-state index contributed by atoms with van der Waals surface area (Å²) >= 11 is 0. The first-order valence-electron chi connectivity index (χ1n) is 6.46. The van der Waals surface area contributed by atoms with Crippen LogP contribution in [0.4, 0.5) is 0 Å². The summed E-state index contributed by atoms with van der Waals surface area (Å²) in [5.74, 6) is 0.567. The maximum Gasteiger partial charge on any atom is 0.251 e. The van der Waals surface area contributed by atoms with Crippen LogP contribution in [0.15, 0.2) is 53.6 Å². The number of benzene rings is 1. The molecule has 0 aliphatic heterocycles. The number of hydrogen-bond donors (Lipinski definition) is 1. The van der Waals surface area contributed by atoms with Gasteiger partial charge in [-0.15, -0.1) is 0 Å². The number of aryl methyl sites for hydroxylation is 1. The summed E-state index contributed by atoms with van der Waals surface area (Å²) in [6.45, 7) is 2.80. The average molecular weight is 266 g/mol. The Morgan fingerprint density at radius 1 is 1.20 bits per heavy atom. The molecular formula is C15H14N4O. The van der Waals surface area contributed by atoms with Crippen molar-refractivity contribution >= 4 is 0 Å². The number of nitrogens with one attached hydrogen (secondary N) is 1. The molecule has 0 aliphatic carbocycles. The van der Waals surface area contributed by atoms with Crippen LogP contribution < -0.4 is 5.56 Å². The minimum Gasteiger partial charge on any atom is -0.306 e. The highest BCUT2D eigenvalue weighted by Crippen LogP contribution is 2.18. The Hall–Kier alpha value is -2.69. The van der Waals surface area contributed by atoms with Gasteiger partial charge in [-0.25, -0.2) is 4.98 Å². The lowest BCUT2D eigenvalue weighted by Crippen LogP contribution is -2.08. The van der Waals surface area contributed by atoms with E-state index in [-0.39, 0.29) is 5.56 Å². The molecule has 0 unspecified atom stereocenters. The fourth-order valence-electron chi connectivity index (χ4n) is 2.01. The molecule has 0 bridgehead atoms. The van der Waals surface area contributed by atoms with E-state index in [1.54, 1.807) is 10.9 Å². The molecule has 1 N–H and O–H groups in total. The molecule has 2 heterocycles. The van der Waals surface area contributed by atoms with Crippen molar-refractivity contribution in [1.29, 1.82) is 0 Å². The lowest BCUT2D eigenvalue weighted by atomic mass is 10.2. The van der Waals surface area contributed by atoms with Crippen LogP contribution in [0.25, 0.3) is 22.6 Å². The zero-order chi connectivity index (χ0) is 13.9. The normalized spacial score (nSPS) is 10.7. The summed E-state index contributed by atoms with van der Waals surface area (Å²) in [5, 5.41) is 4.21. The third-order valence-electron chi connectivity index (χ3n) is 3.04. The molecule has 0 amide bonds. The lowest BCUT2D eigenvalue weighted by Gasteiger charge is -2.02. The Kier molecular flexibility index (Phi) is 3.16. The highest BCUT2D eigenvalue weighted by molar-refractivity contribution is 5.62. The van der Waals surface area contributed by atoms with Crippen LogP contribution in [-0.2, 0) is 6.54 Å². The maximum absolute atomic E-state index is 11.8. The average Bonchev–Trinajstić information content (AvgIpc) is 2.96. The Morgan fingerprint density at radius 3 is 2.70 bits per heavy atom. The molecule has 3 rings (SSSR count). The first-order chi connectivity index (χ1) is 9.76. The van der Waals surface area contributed by atoms with E-state index in [0.717, 1.165) is 17.7 Å². The summed E-state index contributed by atoms with van der Waals surface area (Å²) in [5.41, 5.74) is 2.19. The van der Waals surface area contributed by atoms with Crippen molar-refractivity contribution in [3.05, 3.63) is 59.1 Å². The van der Waals surface area contributed by atoms with Gasteiger partial charge in [-0.2, -0.15) is 5.10 Å².